The molecule has 0 fully saturated rings. The van der Waals surface area contributed by atoms with E-state index in [4.69, 9.17) is 14.5 Å². The van der Waals surface area contributed by atoms with E-state index >= 15 is 0 Å². The Morgan fingerprint density at radius 2 is 2.00 bits per heavy atom. The molecule has 0 radical (unpaired) electrons. The van der Waals surface area contributed by atoms with E-state index in [2.05, 4.69) is 4.94 Å². The van der Waals surface area contributed by atoms with Gasteiger partial charge in [0.25, 0.3) is 5.88 Å². The van der Waals surface area contributed by atoms with Crippen LogP contribution in [-0.4, -0.2) is 42.2 Å². The van der Waals surface area contributed by atoms with Gasteiger partial charge in [0.05, 0.1) is 17.9 Å². The second-order valence-electron chi connectivity index (χ2n) is 4.92. The van der Waals surface area contributed by atoms with Crippen molar-refractivity contribution in [3.05, 3.63) is 46.5 Å². The summed E-state index contributed by atoms with van der Waals surface area (Å²) in [5.74, 6) is -1.24. The molecule has 1 aromatic carbocycles. The summed E-state index contributed by atoms with van der Waals surface area (Å²) >= 11 is 0. The molecule has 0 saturated heterocycles. The Bertz CT molecular complexity index is 837. The molecule has 0 unspecified atom stereocenters. The Labute approximate surface area is 148 Å². The Kier molecular flexibility index (Phi) is 6.23. The van der Waals surface area contributed by atoms with Gasteiger partial charge < -0.3 is 25.0 Å². The SMILES string of the molecule is O=C(CCOC1=C(S(=O)(=O)c2ccccc2)N([O-])ON1)NCP(=O)(O)O. The molecule has 0 atom stereocenters. The minimum atomic E-state index is -4.39. The van der Waals surface area contributed by atoms with E-state index in [1.54, 1.807) is 6.07 Å². The van der Waals surface area contributed by atoms with Gasteiger partial charge in [-0.25, -0.2) is 13.9 Å². The largest absolute Gasteiger partial charge is 0.731 e. The van der Waals surface area contributed by atoms with E-state index in [1.807, 2.05) is 10.8 Å². The number of carbonyl (C=O) groups is 1. The fourth-order valence-electron chi connectivity index (χ4n) is 1.80. The standard InChI is InChI=1S/C12H15N3O9PS/c16-10(13-8-25(18,19)20)6-7-23-11-12(15(17)24-14-11)26(21,22)9-4-2-1-3-5-9/h1-5,14H,6-8H2,(H,13,16)(H2,18,19,20)/q-1. The summed E-state index contributed by atoms with van der Waals surface area (Å²) in [6.45, 7) is -0.375. The molecular formula is C12H15N3O9PS-. The molecule has 1 heterocycles. The van der Waals surface area contributed by atoms with E-state index in [0.29, 0.717) is 0 Å². The maximum atomic E-state index is 12.5. The molecule has 26 heavy (non-hydrogen) atoms. The average Bonchev–Trinajstić information content (AvgIpc) is 2.94. The van der Waals surface area contributed by atoms with Gasteiger partial charge in [0.15, 0.2) is 0 Å². The van der Waals surface area contributed by atoms with Crippen LogP contribution < -0.4 is 10.8 Å². The van der Waals surface area contributed by atoms with Gasteiger partial charge in [-0.05, 0) is 12.1 Å². The highest BCUT2D eigenvalue weighted by Crippen LogP contribution is 2.32. The van der Waals surface area contributed by atoms with Crippen LogP contribution in [0.25, 0.3) is 0 Å². The van der Waals surface area contributed by atoms with Crippen LogP contribution >= 0.6 is 7.60 Å². The zero-order valence-electron chi connectivity index (χ0n) is 13.1. The van der Waals surface area contributed by atoms with E-state index in [1.165, 1.54) is 24.3 Å². The molecule has 2 rings (SSSR count). The number of hydroxylamine groups is 3. The first kappa shape index (κ1) is 20.2. The maximum Gasteiger partial charge on any atom is 0.344 e. The molecule has 0 bridgehead atoms. The fourth-order valence-corrected chi connectivity index (χ4v) is 3.50. The first-order chi connectivity index (χ1) is 12.1. The second-order valence-corrected chi connectivity index (χ2v) is 8.43. The highest BCUT2D eigenvalue weighted by Gasteiger charge is 2.33. The summed E-state index contributed by atoms with van der Waals surface area (Å²) in [6.07, 6.45) is -1.18. The number of hydrogen-bond donors (Lipinski definition) is 4. The molecule has 0 spiro atoms. The van der Waals surface area contributed by atoms with E-state index in [-0.39, 0.29) is 23.1 Å². The Balaban J connectivity index is 2.05. The predicted molar refractivity (Wildman–Crippen MR) is 85.7 cm³/mol. The summed E-state index contributed by atoms with van der Waals surface area (Å²) in [4.78, 5) is 33.0. The van der Waals surface area contributed by atoms with Gasteiger partial charge in [-0.1, -0.05) is 18.2 Å². The van der Waals surface area contributed by atoms with Crippen molar-refractivity contribution in [3.8, 4) is 0 Å². The molecule has 0 aromatic heterocycles. The van der Waals surface area contributed by atoms with Crippen molar-refractivity contribution in [1.82, 2.24) is 16.0 Å². The summed E-state index contributed by atoms with van der Waals surface area (Å²) in [7, 11) is -8.63. The summed E-state index contributed by atoms with van der Waals surface area (Å²) in [6, 6.07) is 7.10. The third-order valence-corrected chi connectivity index (χ3v) is 5.25. The monoisotopic (exact) mass is 408 g/mol. The Morgan fingerprint density at radius 1 is 1.35 bits per heavy atom. The van der Waals surface area contributed by atoms with Crippen molar-refractivity contribution in [1.29, 1.82) is 0 Å². The first-order valence-corrected chi connectivity index (χ1v) is 10.3. The predicted octanol–water partition coefficient (Wildman–Crippen LogP) is -0.505. The average molecular weight is 408 g/mol. The van der Waals surface area contributed by atoms with Crippen LogP contribution in [0.3, 0.4) is 0 Å². The number of rotatable bonds is 8. The number of amides is 1. The van der Waals surface area contributed by atoms with Crippen molar-refractivity contribution < 1.29 is 37.2 Å². The van der Waals surface area contributed by atoms with Gasteiger partial charge in [0.2, 0.25) is 20.8 Å². The first-order valence-electron chi connectivity index (χ1n) is 7.00. The zero-order valence-corrected chi connectivity index (χ0v) is 14.8. The van der Waals surface area contributed by atoms with Crippen LogP contribution in [0.2, 0.25) is 0 Å². The lowest BCUT2D eigenvalue weighted by molar-refractivity contribution is -0.124. The normalized spacial score (nSPS) is 15.0. The third kappa shape index (κ3) is 5.17. The molecule has 12 nitrogen and oxygen atoms in total. The number of ether oxygens (including phenoxy) is 1. The number of hydrogen-bond acceptors (Lipinski definition) is 9. The van der Waals surface area contributed by atoms with Crippen molar-refractivity contribution in [2.45, 2.75) is 11.3 Å². The second kappa shape index (κ2) is 8.03. The summed E-state index contributed by atoms with van der Waals surface area (Å²) in [5, 5.41) is 12.6. The van der Waals surface area contributed by atoms with Crippen molar-refractivity contribution in [3.63, 3.8) is 0 Å². The summed E-state index contributed by atoms with van der Waals surface area (Å²) in [5.41, 5.74) is 2.00. The van der Waals surface area contributed by atoms with Gasteiger partial charge in [-0.3, -0.25) is 14.6 Å². The molecular weight excluding hydrogens is 393 g/mol. The lowest BCUT2D eigenvalue weighted by atomic mass is 10.4. The highest BCUT2D eigenvalue weighted by molar-refractivity contribution is 7.95. The van der Waals surface area contributed by atoms with E-state index in [9.17, 15) is 23.0 Å². The molecule has 14 heteroatoms. The number of carbonyl (C=O) groups excluding carboxylic acids is 1. The van der Waals surface area contributed by atoms with Crippen molar-refractivity contribution >= 4 is 23.3 Å². The van der Waals surface area contributed by atoms with Gasteiger partial charge in [0.1, 0.15) is 6.29 Å². The van der Waals surface area contributed by atoms with Crippen molar-refractivity contribution in [2.24, 2.45) is 0 Å². The Hall–Kier alpha value is -2.15. The van der Waals surface area contributed by atoms with Gasteiger partial charge in [0, 0.05) is 0 Å². The van der Waals surface area contributed by atoms with Crippen LogP contribution in [0.1, 0.15) is 6.42 Å². The van der Waals surface area contributed by atoms with E-state index in [0.717, 1.165) is 0 Å². The minimum Gasteiger partial charge on any atom is -0.731 e. The maximum absolute atomic E-state index is 12.5. The lowest BCUT2D eigenvalue weighted by Crippen LogP contribution is -2.26. The van der Waals surface area contributed by atoms with Gasteiger partial charge in [-0.15, -0.1) is 0 Å². The minimum absolute atomic E-state index is 0.163. The van der Waals surface area contributed by atoms with Crippen LogP contribution in [0.5, 0.6) is 0 Å². The molecule has 1 amide bonds. The van der Waals surface area contributed by atoms with Crippen molar-refractivity contribution in [2.75, 3.05) is 12.9 Å². The lowest BCUT2D eigenvalue weighted by Gasteiger charge is -2.22. The molecule has 4 N–H and O–H groups in total. The van der Waals surface area contributed by atoms with Gasteiger partial charge in [-0.2, -0.15) is 4.94 Å². The fraction of sp³-hybridized carbons (Fsp3) is 0.250. The number of sulfone groups is 1. The molecule has 1 aliphatic rings. The van der Waals surface area contributed by atoms with Crippen LogP contribution in [0, 0.1) is 5.21 Å². The van der Waals surface area contributed by atoms with Crippen LogP contribution in [0.4, 0.5) is 0 Å². The number of benzene rings is 1. The number of nitrogens with one attached hydrogen (secondary N) is 2. The van der Waals surface area contributed by atoms with Crippen LogP contribution in [0.15, 0.2) is 46.1 Å². The van der Waals surface area contributed by atoms with Crippen LogP contribution in [-0.2, 0) is 28.9 Å². The molecule has 0 saturated carbocycles. The third-order valence-electron chi connectivity index (χ3n) is 2.95. The smallest absolute Gasteiger partial charge is 0.344 e. The zero-order chi connectivity index (χ0) is 19.4. The topological polar surface area (TPSA) is 178 Å². The van der Waals surface area contributed by atoms with E-state index < -0.39 is 40.5 Å². The Morgan fingerprint density at radius 3 is 2.62 bits per heavy atom. The summed E-state index contributed by atoms with van der Waals surface area (Å²) < 4.78 is 40.7. The molecule has 0 aliphatic carbocycles. The molecule has 1 aromatic rings. The molecule has 144 valence electrons. The highest BCUT2D eigenvalue weighted by atomic mass is 32.2. The number of nitrogens with zero attached hydrogens (tertiary/aromatic N) is 1. The van der Waals surface area contributed by atoms with Gasteiger partial charge >= 0.3 is 7.60 Å². The molecule has 1 aliphatic heterocycles. The quantitative estimate of drug-likeness (QED) is 0.407.